The smallest absolute Gasteiger partial charge is 0.352 e. The Kier molecular flexibility index (Phi) is 3.81. The molecule has 20 heavy (non-hydrogen) atoms. The Bertz CT molecular complexity index is 693. The largest absolute Gasteiger partial charge is 0.477 e. The zero-order chi connectivity index (χ0) is 15.0. The lowest BCUT2D eigenvalue weighted by atomic mass is 10.1. The molecule has 0 fully saturated rings. The molecular weight excluding hydrogens is 322 g/mol. The molecule has 1 heterocycles. The van der Waals surface area contributed by atoms with E-state index in [1.54, 1.807) is 6.20 Å². The standard InChI is InChI=1S/C15H14BrNO3/c1-8-4-9(2)14(12(16)5-8)17-7-11(10(3)18)6-13(17)15(19)20/h4-7H,1-3H3,(H,19,20). The van der Waals surface area contributed by atoms with Gasteiger partial charge in [-0.3, -0.25) is 4.79 Å². The first-order chi connectivity index (χ1) is 9.31. The molecule has 1 aromatic heterocycles. The Hall–Kier alpha value is -1.88. The lowest BCUT2D eigenvalue weighted by Crippen LogP contribution is -2.07. The van der Waals surface area contributed by atoms with Gasteiger partial charge in [-0.1, -0.05) is 6.07 Å². The fraction of sp³-hybridized carbons (Fsp3) is 0.200. The number of aryl methyl sites for hydroxylation is 2. The van der Waals surface area contributed by atoms with E-state index in [1.807, 2.05) is 26.0 Å². The number of rotatable bonds is 3. The number of carboxylic acid groups (broad SMARTS) is 1. The quantitative estimate of drug-likeness (QED) is 0.869. The molecule has 1 aromatic carbocycles. The molecule has 0 aliphatic carbocycles. The van der Waals surface area contributed by atoms with Crippen LogP contribution in [-0.4, -0.2) is 21.4 Å². The molecule has 0 aliphatic rings. The second-order valence-electron chi connectivity index (χ2n) is 4.76. The SMILES string of the molecule is CC(=O)c1cc(C(=O)O)n(-c2c(C)cc(C)cc2Br)c1. The Balaban J connectivity index is 2.75. The van der Waals surface area contributed by atoms with E-state index in [4.69, 9.17) is 0 Å². The number of aromatic nitrogens is 1. The Labute approximate surface area is 125 Å². The van der Waals surface area contributed by atoms with Crippen LogP contribution in [0.5, 0.6) is 0 Å². The number of carbonyl (C=O) groups is 2. The van der Waals surface area contributed by atoms with Crippen LogP contribution >= 0.6 is 15.9 Å². The summed E-state index contributed by atoms with van der Waals surface area (Å²) in [6.07, 6.45) is 1.56. The molecule has 0 aliphatic heterocycles. The number of ketones is 1. The maximum Gasteiger partial charge on any atom is 0.352 e. The molecule has 4 nitrogen and oxygen atoms in total. The van der Waals surface area contributed by atoms with Crippen LogP contribution in [0.15, 0.2) is 28.9 Å². The van der Waals surface area contributed by atoms with Gasteiger partial charge in [0, 0.05) is 16.2 Å². The molecular formula is C15H14BrNO3. The van der Waals surface area contributed by atoms with Crippen LogP contribution in [-0.2, 0) is 0 Å². The molecule has 2 rings (SSSR count). The predicted octanol–water partition coefficient (Wildman–Crippen LogP) is 3.76. The first-order valence-corrected chi connectivity index (χ1v) is 6.84. The normalized spacial score (nSPS) is 10.6. The van der Waals surface area contributed by atoms with Crippen molar-refractivity contribution in [3.05, 3.63) is 51.3 Å². The third kappa shape index (κ3) is 2.54. The summed E-state index contributed by atoms with van der Waals surface area (Å²) in [5, 5.41) is 9.31. The van der Waals surface area contributed by atoms with E-state index < -0.39 is 5.97 Å². The van der Waals surface area contributed by atoms with Gasteiger partial charge in [-0.2, -0.15) is 0 Å². The fourth-order valence-corrected chi connectivity index (χ4v) is 3.08. The second kappa shape index (κ2) is 5.25. The molecule has 0 bridgehead atoms. The summed E-state index contributed by atoms with van der Waals surface area (Å²) >= 11 is 3.47. The van der Waals surface area contributed by atoms with Gasteiger partial charge in [-0.15, -0.1) is 0 Å². The van der Waals surface area contributed by atoms with E-state index in [9.17, 15) is 14.7 Å². The minimum Gasteiger partial charge on any atom is -0.477 e. The zero-order valence-corrected chi connectivity index (χ0v) is 13.0. The Morgan fingerprint density at radius 2 is 1.85 bits per heavy atom. The summed E-state index contributed by atoms with van der Waals surface area (Å²) in [5.41, 5.74) is 3.21. The van der Waals surface area contributed by atoms with Gasteiger partial charge in [0.1, 0.15) is 5.69 Å². The highest BCUT2D eigenvalue weighted by Crippen LogP contribution is 2.29. The highest BCUT2D eigenvalue weighted by Gasteiger charge is 2.18. The number of nitrogens with zero attached hydrogens (tertiary/aromatic N) is 1. The summed E-state index contributed by atoms with van der Waals surface area (Å²) < 4.78 is 2.33. The zero-order valence-electron chi connectivity index (χ0n) is 11.4. The molecule has 104 valence electrons. The van der Waals surface area contributed by atoms with Crippen molar-refractivity contribution >= 4 is 27.7 Å². The number of halogens is 1. The summed E-state index contributed by atoms with van der Waals surface area (Å²) in [7, 11) is 0. The number of carbonyl (C=O) groups excluding carboxylic acids is 1. The summed E-state index contributed by atoms with van der Waals surface area (Å²) in [4.78, 5) is 22.8. The van der Waals surface area contributed by atoms with Crippen LogP contribution in [0.2, 0.25) is 0 Å². The highest BCUT2D eigenvalue weighted by atomic mass is 79.9. The van der Waals surface area contributed by atoms with Crippen LogP contribution < -0.4 is 0 Å². The number of carboxylic acids is 1. The summed E-state index contributed by atoms with van der Waals surface area (Å²) in [5.74, 6) is -1.23. The lowest BCUT2D eigenvalue weighted by Gasteiger charge is -2.13. The van der Waals surface area contributed by atoms with Crippen LogP contribution in [0.4, 0.5) is 0 Å². The molecule has 0 amide bonds. The topological polar surface area (TPSA) is 59.3 Å². The highest BCUT2D eigenvalue weighted by molar-refractivity contribution is 9.10. The molecule has 1 N–H and O–H groups in total. The molecule has 0 radical (unpaired) electrons. The van der Waals surface area contributed by atoms with Gasteiger partial charge >= 0.3 is 5.97 Å². The summed E-state index contributed by atoms with van der Waals surface area (Å²) in [6.45, 7) is 5.30. The number of hydrogen-bond acceptors (Lipinski definition) is 2. The van der Waals surface area contributed by atoms with Gasteiger partial charge in [0.2, 0.25) is 0 Å². The first-order valence-electron chi connectivity index (χ1n) is 6.05. The maximum atomic E-state index is 11.5. The molecule has 0 saturated heterocycles. The van der Waals surface area contributed by atoms with E-state index in [-0.39, 0.29) is 11.5 Å². The molecule has 0 saturated carbocycles. The average molecular weight is 336 g/mol. The van der Waals surface area contributed by atoms with E-state index in [0.29, 0.717) is 5.56 Å². The van der Waals surface area contributed by atoms with E-state index in [0.717, 1.165) is 21.3 Å². The fourth-order valence-electron chi connectivity index (χ4n) is 2.22. The van der Waals surface area contributed by atoms with E-state index in [1.165, 1.54) is 17.6 Å². The Morgan fingerprint density at radius 3 is 2.35 bits per heavy atom. The predicted molar refractivity (Wildman–Crippen MR) is 79.9 cm³/mol. The van der Waals surface area contributed by atoms with Crippen LogP contribution in [0.25, 0.3) is 5.69 Å². The molecule has 0 unspecified atom stereocenters. The van der Waals surface area contributed by atoms with E-state index >= 15 is 0 Å². The molecule has 2 aromatic rings. The van der Waals surface area contributed by atoms with Gasteiger partial charge in [-0.25, -0.2) is 4.79 Å². The number of aromatic carboxylic acids is 1. The van der Waals surface area contributed by atoms with Crippen molar-refractivity contribution in [1.82, 2.24) is 4.57 Å². The van der Waals surface area contributed by atoms with Crippen molar-refractivity contribution in [2.45, 2.75) is 20.8 Å². The van der Waals surface area contributed by atoms with Crippen molar-refractivity contribution in [2.75, 3.05) is 0 Å². The third-order valence-electron chi connectivity index (χ3n) is 3.08. The van der Waals surface area contributed by atoms with E-state index in [2.05, 4.69) is 15.9 Å². The van der Waals surface area contributed by atoms with Crippen LogP contribution in [0.3, 0.4) is 0 Å². The van der Waals surface area contributed by atoms with Crippen molar-refractivity contribution in [3.8, 4) is 5.69 Å². The van der Waals surface area contributed by atoms with Gasteiger partial charge in [0.25, 0.3) is 0 Å². The number of benzene rings is 1. The molecule has 0 spiro atoms. The van der Waals surface area contributed by atoms with Crippen LogP contribution in [0.1, 0.15) is 38.9 Å². The third-order valence-corrected chi connectivity index (χ3v) is 3.69. The van der Waals surface area contributed by atoms with Gasteiger partial charge in [0.05, 0.1) is 5.69 Å². The van der Waals surface area contributed by atoms with Crippen LogP contribution in [0, 0.1) is 13.8 Å². The van der Waals surface area contributed by atoms with Gasteiger partial charge < -0.3 is 9.67 Å². The second-order valence-corrected chi connectivity index (χ2v) is 5.61. The monoisotopic (exact) mass is 335 g/mol. The summed E-state index contributed by atoms with van der Waals surface area (Å²) in [6, 6.07) is 5.29. The number of hydrogen-bond donors (Lipinski definition) is 1. The molecule has 5 heteroatoms. The van der Waals surface area contributed by atoms with Crippen molar-refractivity contribution in [3.63, 3.8) is 0 Å². The Morgan fingerprint density at radius 1 is 1.20 bits per heavy atom. The lowest BCUT2D eigenvalue weighted by molar-refractivity contribution is 0.0688. The molecule has 0 atom stereocenters. The van der Waals surface area contributed by atoms with Crippen molar-refractivity contribution in [1.29, 1.82) is 0 Å². The number of Topliss-reactive ketones (excluding diaryl/α,β-unsaturated/α-hetero) is 1. The average Bonchev–Trinajstić information content (AvgIpc) is 2.72. The minimum absolute atomic E-state index is 0.0721. The minimum atomic E-state index is -1.07. The maximum absolute atomic E-state index is 11.5. The van der Waals surface area contributed by atoms with Gasteiger partial charge in [-0.05, 0) is 60.0 Å². The first kappa shape index (κ1) is 14.5. The van der Waals surface area contributed by atoms with Crippen molar-refractivity contribution in [2.24, 2.45) is 0 Å². The van der Waals surface area contributed by atoms with Gasteiger partial charge in [0.15, 0.2) is 5.78 Å². The van der Waals surface area contributed by atoms with Crippen molar-refractivity contribution < 1.29 is 14.7 Å².